The van der Waals surface area contributed by atoms with Gasteiger partial charge in [0.25, 0.3) is 5.92 Å². The summed E-state index contributed by atoms with van der Waals surface area (Å²) in [6, 6.07) is 0. The lowest BCUT2D eigenvalue weighted by atomic mass is 9.92. The molecule has 1 N–H and O–H groups in total. The number of hydrogen-bond acceptors (Lipinski definition) is 2. The summed E-state index contributed by atoms with van der Waals surface area (Å²) in [5, 5.41) is 3.14. The smallest absolute Gasteiger partial charge is 0.271 e. The molecule has 0 bridgehead atoms. The van der Waals surface area contributed by atoms with Crippen molar-refractivity contribution >= 4 is 0 Å². The Labute approximate surface area is 70.3 Å². The molecule has 2 saturated heterocycles. The van der Waals surface area contributed by atoms with Crippen molar-refractivity contribution in [3.05, 3.63) is 0 Å². The van der Waals surface area contributed by atoms with E-state index in [0.29, 0.717) is 6.42 Å². The Kier molecular flexibility index (Phi) is 1.84. The van der Waals surface area contributed by atoms with Crippen LogP contribution in [0.4, 0.5) is 8.78 Å². The van der Waals surface area contributed by atoms with Gasteiger partial charge in [0, 0.05) is 13.0 Å². The van der Waals surface area contributed by atoms with E-state index in [1.54, 1.807) is 0 Å². The maximum Gasteiger partial charge on any atom is 0.271 e. The minimum Gasteiger partial charge on any atom is -0.367 e. The number of nitrogens with one attached hydrogen (secondary N) is 1. The molecule has 2 fully saturated rings. The molecule has 2 rings (SSSR count). The lowest BCUT2D eigenvalue weighted by Gasteiger charge is -2.36. The molecule has 0 aromatic carbocycles. The summed E-state index contributed by atoms with van der Waals surface area (Å²) >= 11 is 0. The summed E-state index contributed by atoms with van der Waals surface area (Å²) in [7, 11) is 0. The van der Waals surface area contributed by atoms with Crippen LogP contribution < -0.4 is 5.32 Å². The van der Waals surface area contributed by atoms with E-state index in [9.17, 15) is 8.78 Å². The molecule has 0 aromatic heterocycles. The Bertz CT molecular complexity index is 166. The van der Waals surface area contributed by atoms with Gasteiger partial charge in [-0.3, -0.25) is 0 Å². The molecule has 70 valence electrons. The second kappa shape index (κ2) is 2.64. The van der Waals surface area contributed by atoms with E-state index >= 15 is 0 Å². The number of halogens is 2. The van der Waals surface area contributed by atoms with Crippen molar-refractivity contribution in [3.63, 3.8) is 0 Å². The van der Waals surface area contributed by atoms with Crippen molar-refractivity contribution in [1.82, 2.24) is 5.32 Å². The first-order valence-corrected chi connectivity index (χ1v) is 4.35. The van der Waals surface area contributed by atoms with Gasteiger partial charge in [0.2, 0.25) is 0 Å². The van der Waals surface area contributed by atoms with E-state index in [1.165, 1.54) is 0 Å². The highest BCUT2D eigenvalue weighted by Crippen LogP contribution is 2.37. The van der Waals surface area contributed by atoms with Crippen LogP contribution in [0.5, 0.6) is 0 Å². The van der Waals surface area contributed by atoms with Crippen LogP contribution in [0.1, 0.15) is 19.3 Å². The topological polar surface area (TPSA) is 21.3 Å². The van der Waals surface area contributed by atoms with Gasteiger partial charge >= 0.3 is 0 Å². The maximum atomic E-state index is 12.7. The van der Waals surface area contributed by atoms with Gasteiger partial charge in [0.05, 0.1) is 5.60 Å². The molecular formula is C8H13F2NO. The summed E-state index contributed by atoms with van der Waals surface area (Å²) in [6.45, 7) is 1.24. The molecule has 2 heterocycles. The SMILES string of the molecule is FC1(F)CCC2(CCNC2)OC1. The summed E-state index contributed by atoms with van der Waals surface area (Å²) in [5.74, 6) is -2.59. The van der Waals surface area contributed by atoms with Crippen molar-refractivity contribution in [2.45, 2.75) is 30.8 Å². The minimum absolute atomic E-state index is 0.0192. The van der Waals surface area contributed by atoms with Crippen LogP contribution >= 0.6 is 0 Å². The molecule has 2 aliphatic heterocycles. The van der Waals surface area contributed by atoms with E-state index in [1.807, 2.05) is 0 Å². The lowest BCUT2D eigenvalue weighted by molar-refractivity contribution is -0.180. The van der Waals surface area contributed by atoms with Crippen molar-refractivity contribution in [2.75, 3.05) is 19.7 Å². The van der Waals surface area contributed by atoms with Crippen LogP contribution in [0.2, 0.25) is 0 Å². The predicted molar refractivity (Wildman–Crippen MR) is 40.4 cm³/mol. The number of rotatable bonds is 0. The Morgan fingerprint density at radius 3 is 2.50 bits per heavy atom. The van der Waals surface area contributed by atoms with Crippen LogP contribution in [0.25, 0.3) is 0 Å². The maximum absolute atomic E-state index is 12.7. The Balaban J connectivity index is 1.97. The molecule has 0 aromatic rings. The van der Waals surface area contributed by atoms with Gasteiger partial charge in [0.1, 0.15) is 6.61 Å². The van der Waals surface area contributed by atoms with Crippen molar-refractivity contribution in [2.24, 2.45) is 0 Å². The molecule has 0 saturated carbocycles. The van der Waals surface area contributed by atoms with Gasteiger partial charge in [0.15, 0.2) is 0 Å². The Morgan fingerprint density at radius 2 is 2.00 bits per heavy atom. The molecule has 4 heteroatoms. The van der Waals surface area contributed by atoms with Gasteiger partial charge < -0.3 is 10.1 Å². The second-order valence-electron chi connectivity index (χ2n) is 3.75. The predicted octanol–water partition coefficient (Wildman–Crippen LogP) is 1.16. The highest BCUT2D eigenvalue weighted by molar-refractivity contribution is 4.94. The first-order chi connectivity index (χ1) is 5.62. The molecule has 2 nitrogen and oxygen atoms in total. The zero-order valence-corrected chi connectivity index (χ0v) is 6.91. The largest absolute Gasteiger partial charge is 0.367 e. The fourth-order valence-electron chi connectivity index (χ4n) is 1.87. The van der Waals surface area contributed by atoms with E-state index in [0.717, 1.165) is 19.5 Å². The van der Waals surface area contributed by atoms with Gasteiger partial charge in [-0.1, -0.05) is 0 Å². The van der Waals surface area contributed by atoms with Gasteiger partial charge in [-0.15, -0.1) is 0 Å². The lowest BCUT2D eigenvalue weighted by Crippen LogP contribution is -2.45. The van der Waals surface area contributed by atoms with Crippen LogP contribution in [0.3, 0.4) is 0 Å². The molecule has 0 aliphatic carbocycles. The third-order valence-electron chi connectivity index (χ3n) is 2.74. The van der Waals surface area contributed by atoms with Crippen LogP contribution in [-0.2, 0) is 4.74 Å². The standard InChI is InChI=1S/C8H13F2NO/c9-8(10)2-1-7(12-6-8)3-4-11-5-7/h11H,1-6H2. The summed E-state index contributed by atoms with van der Waals surface area (Å²) < 4.78 is 30.6. The van der Waals surface area contributed by atoms with Crippen molar-refractivity contribution < 1.29 is 13.5 Å². The fraction of sp³-hybridized carbons (Fsp3) is 1.00. The molecule has 1 unspecified atom stereocenters. The molecule has 0 radical (unpaired) electrons. The van der Waals surface area contributed by atoms with E-state index in [-0.39, 0.29) is 12.0 Å². The molecule has 1 atom stereocenters. The minimum atomic E-state index is -2.59. The first kappa shape index (κ1) is 8.38. The highest BCUT2D eigenvalue weighted by Gasteiger charge is 2.45. The monoisotopic (exact) mass is 177 g/mol. The van der Waals surface area contributed by atoms with Crippen LogP contribution in [-0.4, -0.2) is 31.2 Å². The third kappa shape index (κ3) is 1.45. The van der Waals surface area contributed by atoms with E-state index < -0.39 is 12.5 Å². The number of alkyl halides is 2. The number of ether oxygens (including phenoxy) is 1. The van der Waals surface area contributed by atoms with E-state index in [2.05, 4.69) is 5.32 Å². The molecule has 2 aliphatic rings. The third-order valence-corrected chi connectivity index (χ3v) is 2.74. The Morgan fingerprint density at radius 1 is 1.17 bits per heavy atom. The molecule has 0 amide bonds. The van der Waals surface area contributed by atoms with Crippen LogP contribution in [0, 0.1) is 0 Å². The second-order valence-corrected chi connectivity index (χ2v) is 3.75. The van der Waals surface area contributed by atoms with Crippen LogP contribution in [0.15, 0.2) is 0 Å². The molecular weight excluding hydrogens is 164 g/mol. The highest BCUT2D eigenvalue weighted by atomic mass is 19.3. The van der Waals surface area contributed by atoms with Gasteiger partial charge in [-0.25, -0.2) is 8.78 Å². The normalized spacial score (nSPS) is 40.5. The summed E-state index contributed by atoms with van der Waals surface area (Å²) in [6.07, 6.45) is 1.35. The van der Waals surface area contributed by atoms with E-state index in [4.69, 9.17) is 4.74 Å². The zero-order valence-electron chi connectivity index (χ0n) is 6.91. The summed E-state index contributed by atoms with van der Waals surface area (Å²) in [5.41, 5.74) is -0.262. The molecule has 12 heavy (non-hydrogen) atoms. The quantitative estimate of drug-likeness (QED) is 0.599. The average Bonchev–Trinajstić information content (AvgIpc) is 2.46. The first-order valence-electron chi connectivity index (χ1n) is 4.35. The van der Waals surface area contributed by atoms with Gasteiger partial charge in [-0.2, -0.15) is 0 Å². The number of hydrogen-bond donors (Lipinski definition) is 1. The zero-order chi connectivity index (χ0) is 8.66. The Hall–Kier alpha value is -0.220. The fourth-order valence-corrected chi connectivity index (χ4v) is 1.87. The summed E-state index contributed by atoms with van der Waals surface area (Å²) in [4.78, 5) is 0. The molecule has 1 spiro atoms. The van der Waals surface area contributed by atoms with Crippen molar-refractivity contribution in [1.29, 1.82) is 0 Å². The van der Waals surface area contributed by atoms with Gasteiger partial charge in [-0.05, 0) is 19.4 Å². The average molecular weight is 177 g/mol. The van der Waals surface area contributed by atoms with Crippen molar-refractivity contribution in [3.8, 4) is 0 Å².